The molecule has 0 unspecified atom stereocenters. The molecule has 7 rings (SSSR count). The number of imidazole rings is 1. The Hall–Kier alpha value is -3.53. The number of aromatic nitrogens is 2. The molecule has 4 aromatic carbocycles. The van der Waals surface area contributed by atoms with E-state index in [4.69, 9.17) is 33.3 Å². The minimum atomic E-state index is -3.78. The van der Waals surface area contributed by atoms with Gasteiger partial charge in [0.05, 0.1) is 15.9 Å². The van der Waals surface area contributed by atoms with Crippen molar-refractivity contribution in [2.24, 2.45) is 0 Å². The van der Waals surface area contributed by atoms with E-state index in [0.29, 0.717) is 60.3 Å². The second-order valence-electron chi connectivity index (χ2n) is 13.2. The maximum absolute atomic E-state index is 13.8. The van der Waals surface area contributed by atoms with Crippen molar-refractivity contribution in [3.8, 4) is 0 Å². The molecule has 10 heteroatoms. The van der Waals surface area contributed by atoms with Crippen LogP contribution < -0.4 is 0 Å². The number of carbonyl (C=O) groups is 1. The zero-order valence-corrected chi connectivity index (χ0v) is 29.5. The first kappa shape index (κ1) is 33.9. The third-order valence-corrected chi connectivity index (χ3v) is 12.2. The number of benzene rings is 4. The van der Waals surface area contributed by atoms with Crippen LogP contribution in [0.3, 0.4) is 0 Å². The Kier molecular flexibility index (Phi) is 9.95. The summed E-state index contributed by atoms with van der Waals surface area (Å²) in [7, 11) is -3.78. The number of rotatable bonds is 12. The third kappa shape index (κ3) is 7.21. The van der Waals surface area contributed by atoms with Gasteiger partial charge in [-0.1, -0.05) is 65.7 Å². The van der Waals surface area contributed by atoms with Crippen molar-refractivity contribution in [3.05, 3.63) is 129 Å². The SMILES string of the molecule is O=C(CCCCO)c1cccc(S(=O)(=O)N2CCC(n3c(C4CC4)nc4ccc(C(c5ccc(Cl)cc5)c5ccc(Cl)cc5)cc43)CC2)c1. The summed E-state index contributed by atoms with van der Waals surface area (Å²) in [5, 5.41) is 10.4. The molecule has 0 atom stereocenters. The van der Waals surface area contributed by atoms with Crippen LogP contribution in [0.4, 0.5) is 0 Å². The predicted octanol–water partition coefficient (Wildman–Crippen LogP) is 8.77. The van der Waals surface area contributed by atoms with Gasteiger partial charge in [-0.05, 0) is 104 Å². The molecule has 1 saturated carbocycles. The zero-order chi connectivity index (χ0) is 34.1. The quantitative estimate of drug-likeness (QED) is 0.0792. The van der Waals surface area contributed by atoms with Gasteiger partial charge in [0.1, 0.15) is 5.82 Å². The van der Waals surface area contributed by atoms with Crippen molar-refractivity contribution < 1.29 is 18.3 Å². The first-order chi connectivity index (χ1) is 23.7. The molecule has 0 bridgehead atoms. The van der Waals surface area contributed by atoms with Gasteiger partial charge in [-0.2, -0.15) is 4.31 Å². The molecule has 1 N–H and O–H groups in total. The summed E-state index contributed by atoms with van der Waals surface area (Å²) < 4.78 is 31.5. The molecule has 49 heavy (non-hydrogen) atoms. The van der Waals surface area contributed by atoms with Gasteiger partial charge in [0.2, 0.25) is 10.0 Å². The molecular formula is C39H39Cl2N3O4S. The molecule has 1 saturated heterocycles. The molecule has 1 aliphatic carbocycles. The largest absolute Gasteiger partial charge is 0.396 e. The average molecular weight is 717 g/mol. The maximum atomic E-state index is 13.8. The fourth-order valence-corrected chi connectivity index (χ4v) is 8.84. The Balaban J connectivity index is 1.18. The molecule has 7 nitrogen and oxygen atoms in total. The van der Waals surface area contributed by atoms with Crippen molar-refractivity contribution in [3.63, 3.8) is 0 Å². The lowest BCUT2D eigenvalue weighted by atomic mass is 9.85. The monoisotopic (exact) mass is 715 g/mol. The van der Waals surface area contributed by atoms with Crippen LogP contribution >= 0.6 is 23.2 Å². The second-order valence-corrected chi connectivity index (χ2v) is 16.0. The van der Waals surface area contributed by atoms with Gasteiger partial charge in [-0.3, -0.25) is 4.79 Å². The number of unbranched alkanes of at least 4 members (excludes halogenated alkanes) is 1. The molecule has 2 heterocycles. The summed E-state index contributed by atoms with van der Waals surface area (Å²) in [6.45, 7) is 0.788. The number of Topliss-reactive ketones (excluding diaryl/α,β-unsaturated/α-hetero) is 1. The van der Waals surface area contributed by atoms with Crippen LogP contribution in [0.25, 0.3) is 11.0 Å². The Morgan fingerprint density at radius 3 is 2.06 bits per heavy atom. The van der Waals surface area contributed by atoms with Gasteiger partial charge < -0.3 is 9.67 Å². The molecule has 254 valence electrons. The normalized spacial score (nSPS) is 16.1. The summed E-state index contributed by atoms with van der Waals surface area (Å²) in [6, 6.07) is 28.9. The van der Waals surface area contributed by atoms with Crippen LogP contribution in [0.5, 0.6) is 0 Å². The van der Waals surface area contributed by atoms with E-state index < -0.39 is 10.0 Å². The minimum absolute atomic E-state index is 0.0309. The highest BCUT2D eigenvalue weighted by atomic mass is 35.5. The van der Waals surface area contributed by atoms with Crippen LogP contribution in [0.15, 0.2) is 95.9 Å². The highest BCUT2D eigenvalue weighted by Crippen LogP contribution is 2.44. The van der Waals surface area contributed by atoms with Crippen molar-refractivity contribution in [1.29, 1.82) is 0 Å². The van der Waals surface area contributed by atoms with E-state index in [1.165, 1.54) is 6.07 Å². The van der Waals surface area contributed by atoms with Crippen LogP contribution in [-0.4, -0.2) is 52.9 Å². The number of sulfonamides is 1. The molecule has 2 aliphatic rings. The van der Waals surface area contributed by atoms with E-state index in [9.17, 15) is 13.2 Å². The average Bonchev–Trinajstić information content (AvgIpc) is 3.90. The third-order valence-electron chi connectivity index (χ3n) is 9.82. The van der Waals surface area contributed by atoms with Crippen LogP contribution in [0.2, 0.25) is 10.0 Å². The number of aliphatic hydroxyl groups excluding tert-OH is 1. The first-order valence-corrected chi connectivity index (χ1v) is 19.2. The smallest absolute Gasteiger partial charge is 0.243 e. The molecule has 1 aromatic heterocycles. The summed E-state index contributed by atoms with van der Waals surface area (Å²) >= 11 is 12.6. The van der Waals surface area contributed by atoms with E-state index in [1.54, 1.807) is 22.5 Å². The van der Waals surface area contributed by atoms with E-state index in [-0.39, 0.29) is 35.7 Å². The first-order valence-electron chi connectivity index (χ1n) is 17.0. The summed E-state index contributed by atoms with van der Waals surface area (Å²) in [5.41, 5.74) is 5.78. The maximum Gasteiger partial charge on any atom is 0.243 e. The zero-order valence-electron chi connectivity index (χ0n) is 27.1. The van der Waals surface area contributed by atoms with Gasteiger partial charge in [-0.25, -0.2) is 13.4 Å². The molecule has 5 aromatic rings. The number of nitrogens with zero attached hydrogens (tertiary/aromatic N) is 3. The van der Waals surface area contributed by atoms with Crippen LogP contribution in [0, 0.1) is 0 Å². The molecular weight excluding hydrogens is 677 g/mol. The number of aliphatic hydroxyl groups is 1. The topological polar surface area (TPSA) is 92.5 Å². The van der Waals surface area contributed by atoms with E-state index in [0.717, 1.165) is 46.4 Å². The molecule has 1 aliphatic heterocycles. The van der Waals surface area contributed by atoms with Crippen molar-refractivity contribution in [2.75, 3.05) is 19.7 Å². The van der Waals surface area contributed by atoms with E-state index in [2.05, 4.69) is 47.0 Å². The fraction of sp³-hybridized carbons (Fsp3) is 0.333. The number of hydrogen-bond acceptors (Lipinski definition) is 5. The lowest BCUT2D eigenvalue weighted by Crippen LogP contribution is -2.39. The van der Waals surface area contributed by atoms with Crippen molar-refractivity contribution in [1.82, 2.24) is 13.9 Å². The number of carbonyl (C=O) groups excluding carboxylic acids is 1. The van der Waals surface area contributed by atoms with Crippen LogP contribution in [0.1, 0.15) is 95.7 Å². The molecule has 0 amide bonds. The number of hydrogen-bond donors (Lipinski definition) is 1. The summed E-state index contributed by atoms with van der Waals surface area (Å²) in [6.07, 6.45) is 4.92. The van der Waals surface area contributed by atoms with Gasteiger partial charge in [-0.15, -0.1) is 0 Å². The molecule has 0 radical (unpaired) electrons. The number of piperidine rings is 1. The standard InChI is InChI=1S/C39H39Cl2N3O4S/c40-31-14-9-26(10-15-31)38(27-11-16-32(41)17-12-27)30-13-18-35-36(25-30)44(39(42-35)28-7-8-28)33-19-21-43(22-20-33)49(47,48)34-5-3-4-29(24-34)37(46)6-1-2-23-45/h3-5,9-18,24-25,28,33,38,45H,1-2,6-8,19-23H2. The van der Waals surface area contributed by atoms with Crippen molar-refractivity contribution >= 4 is 50.0 Å². The molecule has 0 spiro atoms. The minimum Gasteiger partial charge on any atom is -0.396 e. The van der Waals surface area contributed by atoms with Crippen LogP contribution in [-0.2, 0) is 10.0 Å². The van der Waals surface area contributed by atoms with Gasteiger partial charge in [0.25, 0.3) is 0 Å². The Labute approximate surface area is 297 Å². The summed E-state index contributed by atoms with van der Waals surface area (Å²) in [5.74, 6) is 1.35. The van der Waals surface area contributed by atoms with Gasteiger partial charge in [0, 0.05) is 59.6 Å². The highest BCUT2D eigenvalue weighted by Gasteiger charge is 2.36. The Bertz CT molecular complexity index is 2020. The number of halogens is 2. The fourth-order valence-electron chi connectivity index (χ4n) is 7.07. The van der Waals surface area contributed by atoms with Gasteiger partial charge in [0.15, 0.2) is 5.78 Å². The summed E-state index contributed by atoms with van der Waals surface area (Å²) in [4.78, 5) is 18.0. The lowest BCUT2D eigenvalue weighted by molar-refractivity contribution is 0.0977. The van der Waals surface area contributed by atoms with E-state index in [1.807, 2.05) is 24.3 Å². The Morgan fingerprint density at radius 1 is 0.816 bits per heavy atom. The Morgan fingerprint density at radius 2 is 1.45 bits per heavy atom. The predicted molar refractivity (Wildman–Crippen MR) is 194 cm³/mol. The second kappa shape index (κ2) is 14.4. The lowest BCUT2D eigenvalue weighted by Gasteiger charge is -2.33. The number of ketones is 1. The molecule has 2 fully saturated rings. The van der Waals surface area contributed by atoms with Crippen molar-refractivity contribution in [2.45, 2.75) is 67.7 Å². The van der Waals surface area contributed by atoms with E-state index >= 15 is 0 Å². The number of fused-ring (bicyclic) bond motifs is 1. The highest BCUT2D eigenvalue weighted by molar-refractivity contribution is 7.89. The van der Waals surface area contributed by atoms with Gasteiger partial charge >= 0.3 is 0 Å².